The van der Waals surface area contributed by atoms with Crippen LogP contribution in [0.1, 0.15) is 0 Å². The molecule has 24 heavy (non-hydrogen) atoms. The van der Waals surface area contributed by atoms with E-state index in [1.165, 1.54) is 0 Å². The van der Waals surface area contributed by atoms with Crippen molar-refractivity contribution in [3.05, 3.63) is 0 Å². The van der Waals surface area contributed by atoms with Crippen LogP contribution in [-0.2, 0) is 41.6 Å². The summed E-state index contributed by atoms with van der Waals surface area (Å²) in [6.07, 6.45) is 0. The number of hydrogen-bond donors (Lipinski definition) is 8. The molecule has 0 radical (unpaired) electrons. The van der Waals surface area contributed by atoms with Crippen LogP contribution in [0.3, 0.4) is 0 Å². The minimum absolute atomic E-state index is 0. The monoisotopic (exact) mass is 506 g/mol. The fraction of sp³-hybridized carbons (Fsp3) is 0. The Morgan fingerprint density at radius 3 is 0.333 bits per heavy atom. The summed E-state index contributed by atoms with van der Waals surface area (Å²) in [5, 5.41) is 0. The molecule has 16 nitrogen and oxygen atoms in total. The van der Waals surface area contributed by atoms with Gasteiger partial charge >= 0.3 is 71.2 Å². The van der Waals surface area contributed by atoms with Crippen LogP contribution in [0, 0.1) is 0 Å². The van der Waals surface area contributed by atoms with Gasteiger partial charge in [0.2, 0.25) is 0 Å². The molecular weight excluding hydrogens is 488 g/mol. The van der Waals surface area contributed by atoms with Crippen LogP contribution in [-0.4, -0.2) is 152 Å². The third kappa shape index (κ3) is 2970. The van der Waals surface area contributed by atoms with Crippen LogP contribution < -0.4 is 0 Å². The van der Waals surface area contributed by atoms with Crippen LogP contribution in [0.15, 0.2) is 0 Å². The van der Waals surface area contributed by atoms with Gasteiger partial charge in [-0.1, -0.05) is 0 Å². The Bertz CT molecular complexity index is 486. The zero-order valence-corrected chi connectivity index (χ0v) is 11.7. The minimum atomic E-state index is -4.67. The molecule has 0 rings (SSSR count). The number of rotatable bonds is 0. The first kappa shape index (κ1) is 50.2. The van der Waals surface area contributed by atoms with Crippen LogP contribution in [0.2, 0.25) is 0 Å². The van der Waals surface area contributed by atoms with E-state index < -0.39 is 41.6 Å². The molecule has 0 amide bonds. The summed E-state index contributed by atoms with van der Waals surface area (Å²) in [6, 6.07) is 0. The third-order valence-corrected chi connectivity index (χ3v) is 0. The van der Waals surface area contributed by atoms with Gasteiger partial charge in [-0.2, -0.15) is 33.7 Å². The topological polar surface area (TPSA) is 298 Å². The first-order valence-corrected chi connectivity index (χ1v) is 8.38. The molecule has 0 aliphatic carbocycles. The molecule has 0 aromatic heterocycles. The van der Waals surface area contributed by atoms with Gasteiger partial charge in [0, 0.05) is 0 Å². The van der Waals surface area contributed by atoms with Gasteiger partial charge in [0.25, 0.3) is 0 Å². The molecule has 0 atom stereocenters. The summed E-state index contributed by atoms with van der Waals surface area (Å²) in [4.78, 5) is 0. The summed E-state index contributed by atoms with van der Waals surface area (Å²) in [6.45, 7) is 0. The second-order valence-corrected chi connectivity index (χ2v) is 5.37. The molecule has 0 saturated heterocycles. The maximum absolute atomic E-state index is 8.74. The van der Waals surface area contributed by atoms with Gasteiger partial charge in [-0.05, 0) is 0 Å². The summed E-state index contributed by atoms with van der Waals surface area (Å²) in [5.74, 6) is 0. The van der Waals surface area contributed by atoms with E-state index in [0.717, 1.165) is 0 Å². The van der Waals surface area contributed by atoms with Gasteiger partial charge in [-0.25, -0.2) is 0 Å². The van der Waals surface area contributed by atoms with Crippen molar-refractivity contribution >= 4 is 123 Å². The molecule has 8 N–H and O–H groups in total. The maximum atomic E-state index is 8.74. The molecule has 0 aromatic rings. The van der Waals surface area contributed by atoms with Crippen LogP contribution in [0.5, 0.6) is 0 Å². The van der Waals surface area contributed by atoms with Gasteiger partial charge in [-0.15, -0.1) is 0 Å². The van der Waals surface area contributed by atoms with Gasteiger partial charge in [0.05, 0.1) is 0 Å². The van der Waals surface area contributed by atoms with E-state index in [9.17, 15) is 0 Å². The normalized spacial score (nSPS) is 9.67. The average molecular weight is 506 g/mol. The first-order chi connectivity index (χ1) is 8.00. The van der Waals surface area contributed by atoms with Gasteiger partial charge in [0.1, 0.15) is 0 Å². The Labute approximate surface area is 191 Å². The van der Waals surface area contributed by atoms with Crippen molar-refractivity contribution in [3.63, 3.8) is 0 Å². The Kier molecular flexibility index (Phi) is 44.7. The van der Waals surface area contributed by atoms with Crippen molar-refractivity contribution in [2.24, 2.45) is 0 Å². The van der Waals surface area contributed by atoms with Crippen LogP contribution in [0.25, 0.3) is 0 Å². The average Bonchev–Trinajstić information content (AvgIpc) is 1.62. The molecule has 0 saturated carbocycles. The van der Waals surface area contributed by atoms with E-state index in [2.05, 4.69) is 0 Å². The predicted molar refractivity (Wildman–Crippen MR) is 93.7 cm³/mol. The first-order valence-electron chi connectivity index (χ1n) is 2.79. The van der Waals surface area contributed by atoms with Crippen molar-refractivity contribution in [2.45, 2.75) is 0 Å². The van der Waals surface area contributed by atoms with E-state index in [4.69, 9.17) is 70.1 Å². The van der Waals surface area contributed by atoms with Gasteiger partial charge in [0.15, 0.2) is 52.1 Å². The molecule has 0 aliphatic rings. The molecule has 148 valence electrons. The van der Waals surface area contributed by atoms with Crippen molar-refractivity contribution in [1.29, 1.82) is 0 Å². The van der Waals surface area contributed by atoms with Crippen molar-refractivity contribution in [2.75, 3.05) is 0 Å². The SMILES string of the molecule is O=S(=O)(O)O.O=S(=O)(O)O.O=S(=O)(O)O.O=S(=O)(O)O.[AlH3].[AlH3].[AlH3].[NaH]. The Morgan fingerprint density at radius 1 is 0.333 bits per heavy atom. The fourth-order valence-electron chi connectivity index (χ4n) is 0. The molecule has 0 bridgehead atoms. The van der Waals surface area contributed by atoms with Gasteiger partial charge in [-0.3, -0.25) is 36.4 Å². The molecule has 0 aromatic carbocycles. The molecular formula is H18Al3NaO16S4. The molecule has 24 heteroatoms. The standard InChI is InChI=1S/3Al.Na.4H2O4S.10H/c;;;;4*1-5(2,3)4;;;;;;;;;;/h;;;;4*(H2,1,2,3,4);;;;;;;;;;. The Balaban J connectivity index is -0.0000000225. The second kappa shape index (κ2) is 21.4. The second-order valence-electron chi connectivity index (χ2n) is 1.79. The summed E-state index contributed by atoms with van der Waals surface area (Å²) in [5.41, 5.74) is 0. The van der Waals surface area contributed by atoms with Crippen molar-refractivity contribution in [1.82, 2.24) is 0 Å². The Morgan fingerprint density at radius 2 is 0.333 bits per heavy atom. The van der Waals surface area contributed by atoms with Crippen molar-refractivity contribution < 1.29 is 70.1 Å². The van der Waals surface area contributed by atoms with Crippen LogP contribution >= 0.6 is 0 Å². The molecule has 0 spiro atoms. The zero-order chi connectivity index (χ0) is 18.0. The van der Waals surface area contributed by atoms with Gasteiger partial charge < -0.3 is 0 Å². The van der Waals surface area contributed by atoms with E-state index in [-0.39, 0.29) is 81.6 Å². The quantitative estimate of drug-likeness (QED) is 0.112. The summed E-state index contributed by atoms with van der Waals surface area (Å²) < 4.78 is 126. The molecule has 0 heterocycles. The van der Waals surface area contributed by atoms with E-state index in [0.29, 0.717) is 0 Å². The molecule has 0 fully saturated rings. The predicted octanol–water partition coefficient (Wildman–Crippen LogP) is -6.81. The zero-order valence-electron chi connectivity index (χ0n) is 8.48. The summed E-state index contributed by atoms with van der Waals surface area (Å²) >= 11 is 0. The molecule has 0 unspecified atom stereocenters. The Hall–Kier alpha value is 2.08. The van der Waals surface area contributed by atoms with Crippen LogP contribution in [0.4, 0.5) is 0 Å². The van der Waals surface area contributed by atoms with E-state index in [1.807, 2.05) is 0 Å². The summed E-state index contributed by atoms with van der Waals surface area (Å²) in [7, 11) is -18.7. The fourth-order valence-corrected chi connectivity index (χ4v) is 0. The molecule has 0 aliphatic heterocycles. The number of hydrogen-bond acceptors (Lipinski definition) is 8. The van der Waals surface area contributed by atoms with E-state index in [1.54, 1.807) is 0 Å². The van der Waals surface area contributed by atoms with E-state index >= 15 is 0 Å². The van der Waals surface area contributed by atoms with Crippen molar-refractivity contribution in [3.8, 4) is 0 Å². The third-order valence-electron chi connectivity index (χ3n) is 0.